The SMILES string of the molecule is CN(C)c1cc2c(cc1C(F)(F)F)NC(=O)CC(c1cccc(-n3ccnn3)c1)=N2. The van der Waals surface area contributed by atoms with E-state index in [1.54, 1.807) is 35.3 Å². The van der Waals surface area contributed by atoms with Crippen molar-refractivity contribution in [2.75, 3.05) is 24.3 Å². The van der Waals surface area contributed by atoms with Crippen molar-refractivity contribution in [2.24, 2.45) is 4.99 Å². The molecule has 0 saturated heterocycles. The van der Waals surface area contributed by atoms with E-state index in [4.69, 9.17) is 0 Å². The van der Waals surface area contributed by atoms with Gasteiger partial charge in [0.2, 0.25) is 5.91 Å². The molecule has 30 heavy (non-hydrogen) atoms. The van der Waals surface area contributed by atoms with E-state index < -0.39 is 17.6 Å². The van der Waals surface area contributed by atoms with E-state index in [1.165, 1.54) is 25.1 Å². The van der Waals surface area contributed by atoms with Gasteiger partial charge in [0, 0.05) is 14.1 Å². The minimum Gasteiger partial charge on any atom is -0.377 e. The highest BCUT2D eigenvalue weighted by Crippen LogP contribution is 2.42. The fraction of sp³-hybridized carbons (Fsp3) is 0.200. The van der Waals surface area contributed by atoms with Gasteiger partial charge < -0.3 is 10.2 Å². The summed E-state index contributed by atoms with van der Waals surface area (Å²) in [6.45, 7) is 0. The molecule has 4 rings (SSSR count). The first-order valence-electron chi connectivity index (χ1n) is 8.99. The van der Waals surface area contributed by atoms with Crippen molar-refractivity contribution in [3.05, 3.63) is 59.9 Å². The molecular weight excluding hydrogens is 397 g/mol. The van der Waals surface area contributed by atoms with Gasteiger partial charge in [-0.1, -0.05) is 17.3 Å². The van der Waals surface area contributed by atoms with Crippen LogP contribution >= 0.6 is 0 Å². The number of alkyl halides is 3. The topological polar surface area (TPSA) is 75.4 Å². The zero-order valence-electron chi connectivity index (χ0n) is 16.1. The number of carbonyl (C=O) groups is 1. The van der Waals surface area contributed by atoms with Crippen LogP contribution in [0.2, 0.25) is 0 Å². The fourth-order valence-corrected chi connectivity index (χ4v) is 3.24. The Kier molecular flexibility index (Phi) is 4.76. The van der Waals surface area contributed by atoms with Crippen LogP contribution in [0.5, 0.6) is 0 Å². The molecule has 0 spiro atoms. The Morgan fingerprint density at radius 3 is 2.63 bits per heavy atom. The number of carbonyl (C=O) groups excluding carboxylic acids is 1. The van der Waals surface area contributed by atoms with Gasteiger partial charge in [-0.05, 0) is 29.8 Å². The van der Waals surface area contributed by atoms with Gasteiger partial charge in [-0.2, -0.15) is 13.2 Å². The third-order valence-electron chi connectivity index (χ3n) is 4.63. The lowest BCUT2D eigenvalue weighted by Gasteiger charge is -2.21. The molecule has 10 heteroatoms. The second-order valence-electron chi connectivity index (χ2n) is 6.96. The summed E-state index contributed by atoms with van der Waals surface area (Å²) in [5.41, 5.74) is 1.25. The van der Waals surface area contributed by atoms with Gasteiger partial charge in [0.15, 0.2) is 0 Å². The van der Waals surface area contributed by atoms with Gasteiger partial charge in [-0.3, -0.25) is 9.79 Å². The first-order chi connectivity index (χ1) is 14.2. The lowest BCUT2D eigenvalue weighted by Crippen LogP contribution is -2.18. The number of rotatable bonds is 3. The second-order valence-corrected chi connectivity index (χ2v) is 6.96. The Morgan fingerprint density at radius 2 is 1.97 bits per heavy atom. The van der Waals surface area contributed by atoms with Crippen LogP contribution in [0.15, 0.2) is 53.8 Å². The largest absolute Gasteiger partial charge is 0.418 e. The van der Waals surface area contributed by atoms with Crippen molar-refractivity contribution >= 4 is 28.7 Å². The molecule has 1 amide bonds. The summed E-state index contributed by atoms with van der Waals surface area (Å²) in [7, 11) is 3.05. The molecule has 0 aliphatic carbocycles. The molecule has 0 saturated carbocycles. The number of nitrogens with one attached hydrogen (secondary N) is 1. The van der Waals surface area contributed by atoms with Gasteiger partial charge in [0.1, 0.15) is 0 Å². The maximum atomic E-state index is 13.5. The number of fused-ring (bicyclic) bond motifs is 1. The van der Waals surface area contributed by atoms with Gasteiger partial charge in [-0.15, -0.1) is 5.10 Å². The molecule has 1 aromatic heterocycles. The van der Waals surface area contributed by atoms with Crippen molar-refractivity contribution in [1.29, 1.82) is 0 Å². The lowest BCUT2D eigenvalue weighted by molar-refractivity contribution is -0.137. The Balaban J connectivity index is 1.84. The van der Waals surface area contributed by atoms with Crippen molar-refractivity contribution in [1.82, 2.24) is 15.0 Å². The number of aromatic nitrogens is 3. The molecular formula is C20H17F3N6O. The van der Waals surface area contributed by atoms with E-state index in [2.05, 4.69) is 20.6 Å². The highest BCUT2D eigenvalue weighted by atomic mass is 19.4. The molecule has 2 heterocycles. The number of hydrogen-bond acceptors (Lipinski definition) is 5. The maximum Gasteiger partial charge on any atom is 0.418 e. The van der Waals surface area contributed by atoms with Crippen molar-refractivity contribution in [2.45, 2.75) is 12.6 Å². The van der Waals surface area contributed by atoms with E-state index in [0.717, 1.165) is 11.8 Å². The Hall–Kier alpha value is -3.69. The molecule has 1 aliphatic heterocycles. The third-order valence-corrected chi connectivity index (χ3v) is 4.63. The average molecular weight is 414 g/mol. The predicted octanol–water partition coefficient (Wildman–Crippen LogP) is 3.82. The number of benzene rings is 2. The van der Waals surface area contributed by atoms with Crippen LogP contribution in [-0.4, -0.2) is 40.7 Å². The molecule has 0 unspecified atom stereocenters. The highest BCUT2D eigenvalue weighted by molar-refractivity contribution is 6.17. The van der Waals surface area contributed by atoms with E-state index >= 15 is 0 Å². The van der Waals surface area contributed by atoms with Crippen LogP contribution in [0, 0.1) is 0 Å². The summed E-state index contributed by atoms with van der Waals surface area (Å²) in [4.78, 5) is 18.3. The Bertz CT molecular complexity index is 1140. The van der Waals surface area contributed by atoms with Gasteiger partial charge in [0.05, 0.1) is 52.8 Å². The van der Waals surface area contributed by atoms with Crippen LogP contribution in [0.3, 0.4) is 0 Å². The average Bonchev–Trinajstić information content (AvgIpc) is 3.16. The summed E-state index contributed by atoms with van der Waals surface area (Å²) in [6.07, 6.45) is -1.42. The lowest BCUT2D eigenvalue weighted by atomic mass is 10.1. The zero-order chi connectivity index (χ0) is 21.5. The van der Waals surface area contributed by atoms with Crippen LogP contribution in [-0.2, 0) is 11.0 Å². The molecule has 2 aromatic carbocycles. The number of amides is 1. The molecule has 1 aliphatic rings. The molecule has 3 aromatic rings. The molecule has 0 radical (unpaired) electrons. The number of nitrogens with zero attached hydrogens (tertiary/aromatic N) is 5. The van der Waals surface area contributed by atoms with E-state index in [0.29, 0.717) is 11.3 Å². The molecule has 7 nitrogen and oxygen atoms in total. The van der Waals surface area contributed by atoms with Gasteiger partial charge in [-0.25, -0.2) is 4.68 Å². The number of halogens is 3. The Labute approximate surface area is 169 Å². The first-order valence-corrected chi connectivity index (χ1v) is 8.99. The number of anilines is 2. The summed E-state index contributed by atoms with van der Waals surface area (Å²) in [5.74, 6) is -0.440. The summed E-state index contributed by atoms with van der Waals surface area (Å²) < 4.78 is 42.1. The van der Waals surface area contributed by atoms with E-state index in [9.17, 15) is 18.0 Å². The van der Waals surface area contributed by atoms with Crippen LogP contribution in [0.4, 0.5) is 30.2 Å². The van der Waals surface area contributed by atoms with E-state index in [1.807, 2.05) is 6.07 Å². The smallest absolute Gasteiger partial charge is 0.377 e. The van der Waals surface area contributed by atoms with Crippen LogP contribution in [0.25, 0.3) is 5.69 Å². The normalized spacial score (nSPS) is 13.9. The number of aliphatic imine (C=N–C) groups is 1. The predicted molar refractivity (Wildman–Crippen MR) is 107 cm³/mol. The van der Waals surface area contributed by atoms with Crippen molar-refractivity contribution < 1.29 is 18.0 Å². The maximum absolute atomic E-state index is 13.5. The summed E-state index contributed by atoms with van der Waals surface area (Å²) >= 11 is 0. The standard InChI is InChI=1S/C20H17F3N6O/c1-28(2)18-10-17-16(9-14(18)20(21,22)23)26-19(30)11-15(25-17)12-4-3-5-13(8-12)29-7-6-24-27-29/h3-10H,11H2,1-2H3,(H,26,30). The summed E-state index contributed by atoms with van der Waals surface area (Å²) in [6, 6.07) is 9.46. The molecule has 0 atom stereocenters. The van der Waals surface area contributed by atoms with Crippen molar-refractivity contribution in [3.63, 3.8) is 0 Å². The first kappa shape index (κ1) is 19.6. The quantitative estimate of drug-likeness (QED) is 0.707. The zero-order valence-corrected chi connectivity index (χ0v) is 16.1. The molecule has 154 valence electrons. The minimum atomic E-state index is -4.57. The molecule has 1 N–H and O–H groups in total. The second kappa shape index (κ2) is 7.29. The third kappa shape index (κ3) is 3.76. The fourth-order valence-electron chi connectivity index (χ4n) is 3.24. The highest BCUT2D eigenvalue weighted by Gasteiger charge is 2.35. The van der Waals surface area contributed by atoms with Gasteiger partial charge in [0.25, 0.3) is 0 Å². The Morgan fingerprint density at radius 1 is 1.17 bits per heavy atom. The monoisotopic (exact) mass is 414 g/mol. The molecule has 0 fully saturated rings. The van der Waals surface area contributed by atoms with Crippen LogP contribution < -0.4 is 10.2 Å². The minimum absolute atomic E-state index is 0.0281. The summed E-state index contributed by atoms with van der Waals surface area (Å²) in [5, 5.41) is 10.3. The van der Waals surface area contributed by atoms with E-state index in [-0.39, 0.29) is 23.5 Å². The number of hydrogen-bond donors (Lipinski definition) is 1. The molecule has 0 bridgehead atoms. The van der Waals surface area contributed by atoms with Crippen molar-refractivity contribution in [3.8, 4) is 5.69 Å². The van der Waals surface area contributed by atoms with Crippen LogP contribution in [0.1, 0.15) is 17.5 Å². The van der Waals surface area contributed by atoms with Gasteiger partial charge >= 0.3 is 6.18 Å².